The van der Waals surface area contributed by atoms with Gasteiger partial charge in [-0.3, -0.25) is 4.68 Å². The SMILES string of the molecule is N#CCn1cc(-c2ccc(OCc3ccccc3)c(CN)c2)cn1. The molecule has 0 amide bonds. The standard InChI is InChI=1S/C19H18N4O/c20-8-9-23-13-18(12-22-23)16-6-7-19(17(10-16)11-21)24-14-15-4-2-1-3-5-15/h1-7,10,12-13H,9,11,14,21H2. The summed E-state index contributed by atoms with van der Waals surface area (Å²) in [4.78, 5) is 0. The lowest BCUT2D eigenvalue weighted by Gasteiger charge is -2.12. The van der Waals surface area contributed by atoms with Crippen LogP contribution in [0.1, 0.15) is 11.1 Å². The maximum atomic E-state index is 8.73. The molecule has 0 saturated carbocycles. The number of nitrogens with zero attached hydrogens (tertiary/aromatic N) is 3. The molecule has 0 bridgehead atoms. The first-order valence-corrected chi connectivity index (χ1v) is 7.69. The number of hydrogen-bond donors (Lipinski definition) is 1. The van der Waals surface area contributed by atoms with E-state index in [1.807, 2.05) is 54.7 Å². The minimum absolute atomic E-state index is 0.238. The summed E-state index contributed by atoms with van der Waals surface area (Å²) < 4.78 is 7.51. The van der Waals surface area contributed by atoms with E-state index in [1.54, 1.807) is 10.9 Å². The number of rotatable bonds is 6. The Kier molecular flexibility index (Phi) is 4.90. The summed E-state index contributed by atoms with van der Waals surface area (Å²) in [5.74, 6) is 0.787. The van der Waals surface area contributed by atoms with E-state index in [1.165, 1.54) is 0 Å². The fourth-order valence-electron chi connectivity index (χ4n) is 2.47. The summed E-state index contributed by atoms with van der Waals surface area (Å²) in [5.41, 5.74) is 9.89. The molecule has 5 heteroatoms. The van der Waals surface area contributed by atoms with Gasteiger partial charge in [-0.2, -0.15) is 10.4 Å². The van der Waals surface area contributed by atoms with Crippen molar-refractivity contribution in [2.45, 2.75) is 19.7 Å². The summed E-state index contributed by atoms with van der Waals surface area (Å²) in [6.07, 6.45) is 3.60. The number of aromatic nitrogens is 2. The quantitative estimate of drug-likeness (QED) is 0.757. The Labute approximate surface area is 140 Å². The van der Waals surface area contributed by atoms with Crippen LogP contribution in [0.4, 0.5) is 0 Å². The highest BCUT2D eigenvalue weighted by molar-refractivity contribution is 5.64. The molecular formula is C19H18N4O. The first-order valence-electron chi connectivity index (χ1n) is 7.69. The molecule has 0 atom stereocenters. The number of hydrogen-bond acceptors (Lipinski definition) is 4. The second kappa shape index (κ2) is 7.44. The van der Waals surface area contributed by atoms with Crippen LogP contribution in [0.15, 0.2) is 60.9 Å². The van der Waals surface area contributed by atoms with E-state index in [9.17, 15) is 0 Å². The summed E-state index contributed by atoms with van der Waals surface area (Å²) in [6.45, 7) is 1.14. The third-order valence-electron chi connectivity index (χ3n) is 3.72. The lowest BCUT2D eigenvalue weighted by molar-refractivity contribution is 0.303. The maximum Gasteiger partial charge on any atom is 0.128 e. The van der Waals surface area contributed by atoms with Gasteiger partial charge in [-0.1, -0.05) is 36.4 Å². The fourth-order valence-corrected chi connectivity index (χ4v) is 2.47. The van der Waals surface area contributed by atoms with E-state index in [0.29, 0.717) is 13.2 Å². The number of nitriles is 1. The third kappa shape index (κ3) is 3.62. The fraction of sp³-hybridized carbons (Fsp3) is 0.158. The molecule has 0 radical (unpaired) electrons. The van der Waals surface area contributed by atoms with Crippen molar-refractivity contribution in [3.63, 3.8) is 0 Å². The summed E-state index contributed by atoms with van der Waals surface area (Å²) in [6, 6.07) is 18.0. The second-order valence-corrected chi connectivity index (χ2v) is 5.39. The molecule has 0 spiro atoms. The van der Waals surface area contributed by atoms with Crippen molar-refractivity contribution in [1.29, 1.82) is 5.26 Å². The van der Waals surface area contributed by atoms with Crippen molar-refractivity contribution in [2.24, 2.45) is 5.73 Å². The summed E-state index contributed by atoms with van der Waals surface area (Å²) in [7, 11) is 0. The molecule has 0 fully saturated rings. The molecular weight excluding hydrogens is 300 g/mol. The smallest absolute Gasteiger partial charge is 0.128 e. The van der Waals surface area contributed by atoms with Crippen LogP contribution in [-0.2, 0) is 19.7 Å². The molecule has 0 unspecified atom stereocenters. The summed E-state index contributed by atoms with van der Waals surface area (Å²) in [5, 5.41) is 12.9. The van der Waals surface area contributed by atoms with Gasteiger partial charge in [0, 0.05) is 23.9 Å². The predicted molar refractivity (Wildman–Crippen MR) is 91.9 cm³/mol. The predicted octanol–water partition coefficient (Wildman–Crippen LogP) is 3.11. The van der Waals surface area contributed by atoms with Crippen LogP contribution >= 0.6 is 0 Å². The Hall–Kier alpha value is -3.10. The van der Waals surface area contributed by atoms with E-state index < -0.39 is 0 Å². The highest BCUT2D eigenvalue weighted by atomic mass is 16.5. The normalized spacial score (nSPS) is 10.3. The molecule has 1 heterocycles. The van der Waals surface area contributed by atoms with E-state index in [0.717, 1.165) is 28.0 Å². The van der Waals surface area contributed by atoms with Crippen LogP contribution in [0.3, 0.4) is 0 Å². The Morgan fingerprint density at radius 2 is 1.96 bits per heavy atom. The van der Waals surface area contributed by atoms with Crippen molar-refractivity contribution >= 4 is 0 Å². The molecule has 2 aromatic carbocycles. The molecule has 3 aromatic rings. The van der Waals surface area contributed by atoms with Crippen LogP contribution in [0.2, 0.25) is 0 Å². The van der Waals surface area contributed by atoms with Gasteiger partial charge >= 0.3 is 0 Å². The number of nitrogens with two attached hydrogens (primary N) is 1. The van der Waals surface area contributed by atoms with Gasteiger partial charge in [-0.05, 0) is 23.3 Å². The molecule has 24 heavy (non-hydrogen) atoms. The topological polar surface area (TPSA) is 76.9 Å². The molecule has 0 aliphatic heterocycles. The molecule has 0 aliphatic carbocycles. The second-order valence-electron chi connectivity index (χ2n) is 5.39. The highest BCUT2D eigenvalue weighted by Gasteiger charge is 2.08. The van der Waals surface area contributed by atoms with Gasteiger partial charge in [0.2, 0.25) is 0 Å². The van der Waals surface area contributed by atoms with Gasteiger partial charge in [0.05, 0.1) is 12.3 Å². The Bertz CT molecular complexity index is 849. The number of ether oxygens (including phenoxy) is 1. The van der Waals surface area contributed by atoms with Crippen molar-refractivity contribution in [2.75, 3.05) is 0 Å². The minimum atomic E-state index is 0.238. The van der Waals surface area contributed by atoms with E-state index >= 15 is 0 Å². The van der Waals surface area contributed by atoms with E-state index in [2.05, 4.69) is 11.2 Å². The van der Waals surface area contributed by atoms with Crippen LogP contribution in [0.25, 0.3) is 11.1 Å². The van der Waals surface area contributed by atoms with Crippen molar-refractivity contribution < 1.29 is 4.74 Å². The number of benzene rings is 2. The Morgan fingerprint density at radius 1 is 1.12 bits per heavy atom. The van der Waals surface area contributed by atoms with Crippen molar-refractivity contribution in [1.82, 2.24) is 9.78 Å². The largest absolute Gasteiger partial charge is 0.489 e. The summed E-state index contributed by atoms with van der Waals surface area (Å²) >= 11 is 0. The maximum absolute atomic E-state index is 8.73. The van der Waals surface area contributed by atoms with Crippen molar-refractivity contribution in [3.8, 4) is 22.9 Å². The van der Waals surface area contributed by atoms with Crippen LogP contribution in [0.5, 0.6) is 5.75 Å². The molecule has 2 N–H and O–H groups in total. The molecule has 0 aliphatic rings. The van der Waals surface area contributed by atoms with Gasteiger partial charge in [0.15, 0.2) is 0 Å². The van der Waals surface area contributed by atoms with Crippen molar-refractivity contribution in [3.05, 3.63) is 72.1 Å². The van der Waals surface area contributed by atoms with Gasteiger partial charge in [0.25, 0.3) is 0 Å². The minimum Gasteiger partial charge on any atom is -0.489 e. The van der Waals surface area contributed by atoms with E-state index in [4.69, 9.17) is 15.7 Å². The van der Waals surface area contributed by atoms with Gasteiger partial charge in [-0.25, -0.2) is 0 Å². The zero-order valence-electron chi connectivity index (χ0n) is 13.2. The Morgan fingerprint density at radius 3 is 2.71 bits per heavy atom. The van der Waals surface area contributed by atoms with Gasteiger partial charge < -0.3 is 10.5 Å². The third-order valence-corrected chi connectivity index (χ3v) is 3.72. The average molecular weight is 318 g/mol. The lowest BCUT2D eigenvalue weighted by Crippen LogP contribution is -2.03. The molecule has 5 nitrogen and oxygen atoms in total. The molecule has 1 aromatic heterocycles. The van der Waals surface area contributed by atoms with E-state index in [-0.39, 0.29) is 6.54 Å². The molecule has 3 rings (SSSR count). The van der Waals surface area contributed by atoms with Gasteiger partial charge in [0.1, 0.15) is 18.9 Å². The first kappa shape index (κ1) is 15.8. The molecule has 120 valence electrons. The van der Waals surface area contributed by atoms with Crippen LogP contribution < -0.4 is 10.5 Å². The zero-order chi connectivity index (χ0) is 16.8. The molecule has 0 saturated heterocycles. The van der Waals surface area contributed by atoms with Gasteiger partial charge in [-0.15, -0.1) is 0 Å². The highest BCUT2D eigenvalue weighted by Crippen LogP contribution is 2.27. The Balaban J connectivity index is 1.78. The lowest BCUT2D eigenvalue weighted by atomic mass is 10.1. The first-order chi connectivity index (χ1) is 11.8. The average Bonchev–Trinajstić information content (AvgIpc) is 3.10. The zero-order valence-corrected chi connectivity index (χ0v) is 13.2. The monoisotopic (exact) mass is 318 g/mol. The van der Waals surface area contributed by atoms with Crippen LogP contribution in [-0.4, -0.2) is 9.78 Å². The van der Waals surface area contributed by atoms with Crippen LogP contribution in [0, 0.1) is 11.3 Å².